The molecule has 5 heteroatoms. The van der Waals surface area contributed by atoms with Gasteiger partial charge in [0.15, 0.2) is 0 Å². The van der Waals surface area contributed by atoms with Crippen molar-refractivity contribution >= 4 is 11.4 Å². The van der Waals surface area contributed by atoms with Gasteiger partial charge in [-0.25, -0.2) is 0 Å². The maximum atomic E-state index is 10.8. The largest absolute Gasteiger partial charge is 0.382 e. The molecule has 1 N–H and O–H groups in total. The highest BCUT2D eigenvalue weighted by atomic mass is 16.6. The predicted octanol–water partition coefficient (Wildman–Crippen LogP) is 3.44. The molecule has 1 aliphatic rings. The summed E-state index contributed by atoms with van der Waals surface area (Å²) in [5.41, 5.74) is 1.87. The van der Waals surface area contributed by atoms with Crippen LogP contribution in [-0.2, 0) is 0 Å². The Kier molecular flexibility index (Phi) is 5.17. The summed E-state index contributed by atoms with van der Waals surface area (Å²) in [6, 6.07) is 5.66. The molecule has 21 heavy (non-hydrogen) atoms. The predicted molar refractivity (Wildman–Crippen MR) is 85.8 cm³/mol. The summed E-state index contributed by atoms with van der Waals surface area (Å²) in [7, 11) is 0. The average molecular weight is 291 g/mol. The molecule has 0 aliphatic carbocycles. The minimum absolute atomic E-state index is 0.185. The van der Waals surface area contributed by atoms with Crippen LogP contribution in [-0.4, -0.2) is 35.5 Å². The molecule has 1 aromatic carbocycles. The lowest BCUT2D eigenvalue weighted by Gasteiger charge is -2.34. The van der Waals surface area contributed by atoms with Crippen molar-refractivity contribution < 1.29 is 4.92 Å². The van der Waals surface area contributed by atoms with Gasteiger partial charge >= 0.3 is 0 Å². The van der Waals surface area contributed by atoms with Crippen LogP contribution in [0.4, 0.5) is 11.4 Å². The number of hydrogen-bond donors (Lipinski definition) is 1. The maximum Gasteiger partial charge on any atom is 0.272 e. The molecule has 1 aliphatic heterocycles. The highest BCUT2D eigenvalue weighted by molar-refractivity contribution is 5.54. The molecule has 0 amide bonds. The Hall–Kier alpha value is -1.62. The normalized spacial score (nSPS) is 18.4. The van der Waals surface area contributed by atoms with Crippen LogP contribution in [0.2, 0.25) is 0 Å². The highest BCUT2D eigenvalue weighted by Gasteiger charge is 2.23. The zero-order valence-corrected chi connectivity index (χ0v) is 13.1. The van der Waals surface area contributed by atoms with E-state index in [4.69, 9.17) is 0 Å². The van der Waals surface area contributed by atoms with E-state index < -0.39 is 0 Å². The Labute approximate surface area is 126 Å². The van der Waals surface area contributed by atoms with E-state index in [1.165, 1.54) is 25.9 Å². The van der Waals surface area contributed by atoms with E-state index in [2.05, 4.69) is 24.1 Å². The molecule has 1 atom stereocenters. The van der Waals surface area contributed by atoms with Crippen molar-refractivity contribution in [2.24, 2.45) is 5.92 Å². The van der Waals surface area contributed by atoms with Crippen molar-refractivity contribution in [2.45, 2.75) is 39.7 Å². The Balaban J connectivity index is 1.95. The molecule has 5 nitrogen and oxygen atoms in total. The second-order valence-corrected chi connectivity index (χ2v) is 5.96. The van der Waals surface area contributed by atoms with Crippen molar-refractivity contribution in [3.05, 3.63) is 33.9 Å². The van der Waals surface area contributed by atoms with E-state index in [1.807, 2.05) is 12.1 Å². The summed E-state index contributed by atoms with van der Waals surface area (Å²) in [5, 5.41) is 14.4. The number of likely N-dealkylation sites (tertiary alicyclic amines) is 1. The van der Waals surface area contributed by atoms with Crippen molar-refractivity contribution in [3.8, 4) is 0 Å². The van der Waals surface area contributed by atoms with Gasteiger partial charge in [0.1, 0.15) is 0 Å². The SMILES string of the molecule is CCN1CCC(C(C)Nc2ccc([N+](=O)[O-])c(C)c2)CC1. The van der Waals surface area contributed by atoms with Gasteiger partial charge in [-0.1, -0.05) is 6.92 Å². The molecule has 1 heterocycles. The molecule has 0 bridgehead atoms. The second-order valence-electron chi connectivity index (χ2n) is 5.96. The molecule has 1 saturated heterocycles. The Morgan fingerprint density at radius 1 is 1.43 bits per heavy atom. The molecule has 0 radical (unpaired) electrons. The summed E-state index contributed by atoms with van der Waals surface area (Å²) >= 11 is 0. The van der Waals surface area contributed by atoms with Crippen LogP contribution in [0.25, 0.3) is 0 Å². The van der Waals surface area contributed by atoms with Crippen LogP contribution in [0, 0.1) is 23.0 Å². The Morgan fingerprint density at radius 2 is 2.10 bits per heavy atom. The number of anilines is 1. The van der Waals surface area contributed by atoms with Crippen LogP contribution in [0.15, 0.2) is 18.2 Å². The lowest BCUT2D eigenvalue weighted by Crippen LogP contribution is -2.39. The fourth-order valence-electron chi connectivity index (χ4n) is 3.10. The average Bonchev–Trinajstić information content (AvgIpc) is 2.47. The molecule has 1 fully saturated rings. The second kappa shape index (κ2) is 6.89. The highest BCUT2D eigenvalue weighted by Crippen LogP contribution is 2.26. The maximum absolute atomic E-state index is 10.8. The minimum Gasteiger partial charge on any atom is -0.382 e. The van der Waals surface area contributed by atoms with Crippen molar-refractivity contribution in [1.29, 1.82) is 0 Å². The Morgan fingerprint density at radius 3 is 2.62 bits per heavy atom. The number of rotatable bonds is 5. The van der Waals surface area contributed by atoms with Gasteiger partial charge in [-0.2, -0.15) is 0 Å². The van der Waals surface area contributed by atoms with Crippen LogP contribution in [0.3, 0.4) is 0 Å². The van der Waals surface area contributed by atoms with Gasteiger partial charge in [0.05, 0.1) is 4.92 Å². The molecule has 0 spiro atoms. The van der Waals surface area contributed by atoms with Crippen molar-refractivity contribution in [2.75, 3.05) is 25.0 Å². The lowest BCUT2D eigenvalue weighted by molar-refractivity contribution is -0.385. The quantitative estimate of drug-likeness (QED) is 0.667. The number of nitrogens with one attached hydrogen (secondary N) is 1. The fourth-order valence-corrected chi connectivity index (χ4v) is 3.10. The first kappa shape index (κ1) is 15.8. The summed E-state index contributed by atoms with van der Waals surface area (Å²) in [4.78, 5) is 13.0. The number of nitro groups is 1. The lowest BCUT2D eigenvalue weighted by atomic mass is 9.90. The topological polar surface area (TPSA) is 58.4 Å². The molecule has 1 aromatic rings. The number of benzene rings is 1. The molecule has 0 aromatic heterocycles. The Bertz CT molecular complexity index is 496. The zero-order valence-electron chi connectivity index (χ0n) is 13.1. The van der Waals surface area contributed by atoms with E-state index >= 15 is 0 Å². The van der Waals surface area contributed by atoms with E-state index in [-0.39, 0.29) is 10.6 Å². The monoisotopic (exact) mass is 291 g/mol. The van der Waals surface area contributed by atoms with E-state index in [1.54, 1.807) is 13.0 Å². The zero-order chi connectivity index (χ0) is 15.4. The van der Waals surface area contributed by atoms with E-state index in [0.717, 1.165) is 12.2 Å². The first-order valence-corrected chi connectivity index (χ1v) is 7.75. The van der Waals surface area contributed by atoms with Gasteiger partial charge in [-0.05, 0) is 64.4 Å². The summed E-state index contributed by atoms with van der Waals surface area (Å²) < 4.78 is 0. The molecule has 0 saturated carbocycles. The van der Waals surface area contributed by atoms with Crippen LogP contribution in [0.1, 0.15) is 32.3 Å². The van der Waals surface area contributed by atoms with Crippen LogP contribution >= 0.6 is 0 Å². The van der Waals surface area contributed by atoms with Gasteiger partial charge in [-0.3, -0.25) is 10.1 Å². The summed E-state index contributed by atoms with van der Waals surface area (Å²) in [6.07, 6.45) is 2.43. The number of nitrogens with zero attached hydrogens (tertiary/aromatic N) is 2. The minimum atomic E-state index is -0.330. The van der Waals surface area contributed by atoms with Gasteiger partial charge in [0.2, 0.25) is 0 Å². The first-order valence-electron chi connectivity index (χ1n) is 7.75. The summed E-state index contributed by atoms with van der Waals surface area (Å²) in [6.45, 7) is 9.69. The van der Waals surface area contributed by atoms with Gasteiger partial charge in [0.25, 0.3) is 5.69 Å². The molecule has 116 valence electrons. The fraction of sp³-hybridized carbons (Fsp3) is 0.625. The third-order valence-corrected chi connectivity index (χ3v) is 4.57. The van der Waals surface area contributed by atoms with Gasteiger partial charge < -0.3 is 10.2 Å². The van der Waals surface area contributed by atoms with Gasteiger partial charge in [0, 0.05) is 23.4 Å². The van der Waals surface area contributed by atoms with E-state index in [0.29, 0.717) is 17.5 Å². The van der Waals surface area contributed by atoms with Gasteiger partial charge in [-0.15, -0.1) is 0 Å². The summed E-state index contributed by atoms with van der Waals surface area (Å²) in [5.74, 6) is 0.670. The van der Waals surface area contributed by atoms with E-state index in [9.17, 15) is 10.1 Å². The van der Waals surface area contributed by atoms with Crippen molar-refractivity contribution in [1.82, 2.24) is 4.90 Å². The molecular formula is C16H25N3O2. The molecular weight excluding hydrogens is 266 g/mol. The third kappa shape index (κ3) is 3.94. The van der Waals surface area contributed by atoms with Crippen LogP contribution < -0.4 is 5.32 Å². The molecule has 1 unspecified atom stereocenters. The number of nitro benzene ring substituents is 1. The van der Waals surface area contributed by atoms with Crippen LogP contribution in [0.5, 0.6) is 0 Å². The smallest absolute Gasteiger partial charge is 0.272 e. The molecule has 2 rings (SSSR count). The standard InChI is InChI=1S/C16H25N3O2/c1-4-18-9-7-14(8-10-18)13(3)17-15-5-6-16(19(20)21)12(2)11-15/h5-6,11,13-14,17H,4,7-10H2,1-3H3. The third-order valence-electron chi connectivity index (χ3n) is 4.57. The first-order chi connectivity index (χ1) is 10.0. The number of hydrogen-bond acceptors (Lipinski definition) is 4. The van der Waals surface area contributed by atoms with Crippen molar-refractivity contribution in [3.63, 3.8) is 0 Å². The number of aryl methyl sites for hydroxylation is 1. The number of piperidine rings is 1.